The van der Waals surface area contributed by atoms with E-state index in [9.17, 15) is 4.79 Å². The first-order valence-corrected chi connectivity index (χ1v) is 9.68. The Morgan fingerprint density at radius 1 is 0.731 bits per heavy atom. The summed E-state index contributed by atoms with van der Waals surface area (Å²) in [5.41, 5.74) is 3.58. The Labute approximate surface area is 164 Å². The van der Waals surface area contributed by atoms with Crippen LogP contribution in [0.15, 0.2) is 84.9 Å². The third-order valence-electron chi connectivity index (χ3n) is 4.24. The van der Waals surface area contributed by atoms with Gasteiger partial charge in [0.25, 0.3) is 0 Å². The summed E-state index contributed by atoms with van der Waals surface area (Å²) in [5, 5.41) is 0. The molecule has 3 heteroatoms. The van der Waals surface area contributed by atoms with E-state index >= 15 is 0 Å². The van der Waals surface area contributed by atoms with Gasteiger partial charge in [-0.05, 0) is 25.0 Å². The molecule has 0 saturated carbocycles. The molecule has 0 bridgehead atoms. The van der Waals surface area contributed by atoms with E-state index in [4.69, 9.17) is 12.2 Å². The van der Waals surface area contributed by atoms with Gasteiger partial charge in [-0.3, -0.25) is 4.79 Å². The molecule has 0 heterocycles. The van der Waals surface area contributed by atoms with Crippen molar-refractivity contribution in [2.45, 2.75) is 18.6 Å². The second-order valence-corrected chi connectivity index (χ2v) is 8.84. The van der Waals surface area contributed by atoms with Crippen LogP contribution in [-0.4, -0.2) is 9.98 Å². The summed E-state index contributed by atoms with van der Waals surface area (Å²) < 4.78 is 0.717. The summed E-state index contributed by atoms with van der Waals surface area (Å²) in [4.78, 5) is 12.5. The van der Waals surface area contributed by atoms with Crippen LogP contribution in [-0.2, 0) is 4.75 Å². The minimum Gasteiger partial charge on any atom is -0.289 e. The van der Waals surface area contributed by atoms with Gasteiger partial charge in [-0.1, -0.05) is 97.1 Å². The summed E-state index contributed by atoms with van der Waals surface area (Å²) >= 11 is 7.31. The molecule has 26 heavy (non-hydrogen) atoms. The van der Waals surface area contributed by atoms with E-state index in [1.807, 2.05) is 72.8 Å². The van der Waals surface area contributed by atoms with E-state index in [2.05, 4.69) is 26.0 Å². The van der Waals surface area contributed by atoms with Gasteiger partial charge in [-0.15, -0.1) is 11.8 Å². The Balaban J connectivity index is 1.74. The summed E-state index contributed by atoms with van der Waals surface area (Å²) in [6, 6.07) is 27.3. The molecule has 3 aromatic rings. The van der Waals surface area contributed by atoms with Crippen LogP contribution in [0, 0.1) is 0 Å². The van der Waals surface area contributed by atoms with Crippen molar-refractivity contribution in [3.8, 4) is 0 Å². The fourth-order valence-corrected chi connectivity index (χ4v) is 4.44. The fraction of sp³-hybridized carbons (Fsp3) is 0.130. The van der Waals surface area contributed by atoms with Crippen molar-refractivity contribution in [3.63, 3.8) is 0 Å². The molecule has 0 aliphatic rings. The number of benzene rings is 3. The highest BCUT2D eigenvalue weighted by Gasteiger charge is 2.23. The highest BCUT2D eigenvalue weighted by molar-refractivity contribution is 8.24. The maximum absolute atomic E-state index is 12.5. The molecule has 0 spiro atoms. The van der Waals surface area contributed by atoms with Crippen LogP contribution >= 0.6 is 24.0 Å². The molecule has 0 N–H and O–H groups in total. The SMILES string of the molecule is CC(C)(SC(=S)c1ccc(C(=O)c2ccccc2)cc1)c1ccccc1. The smallest absolute Gasteiger partial charge is 0.193 e. The van der Waals surface area contributed by atoms with Gasteiger partial charge in [0.05, 0.1) is 4.20 Å². The number of hydrogen-bond acceptors (Lipinski definition) is 3. The van der Waals surface area contributed by atoms with Crippen molar-refractivity contribution in [2.24, 2.45) is 0 Å². The molecule has 0 aromatic heterocycles. The van der Waals surface area contributed by atoms with E-state index in [0.717, 1.165) is 9.76 Å². The standard InChI is InChI=1S/C23H20OS2/c1-23(2,20-11-7-4-8-12-20)26-22(25)19-15-13-18(14-16-19)21(24)17-9-5-3-6-10-17/h3-16H,1-2H3. The van der Waals surface area contributed by atoms with Gasteiger partial charge in [0, 0.05) is 15.9 Å². The lowest BCUT2D eigenvalue weighted by Gasteiger charge is -2.25. The molecular weight excluding hydrogens is 356 g/mol. The van der Waals surface area contributed by atoms with Crippen LogP contribution in [0.1, 0.15) is 40.9 Å². The number of carbonyl (C=O) groups excluding carboxylic acids is 1. The van der Waals surface area contributed by atoms with Crippen molar-refractivity contribution >= 4 is 34.0 Å². The molecule has 1 nitrogen and oxygen atoms in total. The highest BCUT2D eigenvalue weighted by Crippen LogP contribution is 2.38. The Hall–Kier alpha value is -2.23. The van der Waals surface area contributed by atoms with Crippen molar-refractivity contribution in [3.05, 3.63) is 107 Å². The predicted molar refractivity (Wildman–Crippen MR) is 115 cm³/mol. The molecule has 0 aliphatic carbocycles. The quantitative estimate of drug-likeness (QED) is 0.386. The first kappa shape index (κ1) is 18.6. The Morgan fingerprint density at radius 3 is 1.77 bits per heavy atom. The molecule has 0 fully saturated rings. The first-order valence-electron chi connectivity index (χ1n) is 8.46. The van der Waals surface area contributed by atoms with Crippen LogP contribution in [0.25, 0.3) is 0 Å². The van der Waals surface area contributed by atoms with Gasteiger partial charge < -0.3 is 0 Å². The normalized spacial score (nSPS) is 11.2. The number of hydrogen-bond donors (Lipinski definition) is 0. The van der Waals surface area contributed by atoms with Crippen molar-refractivity contribution in [2.75, 3.05) is 0 Å². The molecule has 0 unspecified atom stereocenters. The molecule has 3 rings (SSSR count). The molecule has 130 valence electrons. The number of thiocarbonyl (C=S) groups is 1. The number of rotatable bonds is 5. The van der Waals surface area contributed by atoms with E-state index in [-0.39, 0.29) is 10.5 Å². The minimum absolute atomic E-state index is 0.0281. The van der Waals surface area contributed by atoms with Crippen LogP contribution in [0.2, 0.25) is 0 Å². The Kier molecular flexibility index (Phi) is 5.70. The minimum atomic E-state index is -0.114. The van der Waals surface area contributed by atoms with Crippen LogP contribution in [0.3, 0.4) is 0 Å². The van der Waals surface area contributed by atoms with Gasteiger partial charge in [0.1, 0.15) is 0 Å². The van der Waals surface area contributed by atoms with Gasteiger partial charge in [-0.25, -0.2) is 0 Å². The second-order valence-electron chi connectivity index (χ2n) is 6.54. The Morgan fingerprint density at radius 2 is 1.19 bits per heavy atom. The summed E-state index contributed by atoms with van der Waals surface area (Å²) in [7, 11) is 0. The number of thioether (sulfide) groups is 1. The van der Waals surface area contributed by atoms with Gasteiger partial charge in [0.15, 0.2) is 5.78 Å². The average Bonchev–Trinajstić information content (AvgIpc) is 2.68. The second kappa shape index (κ2) is 7.98. The Bertz CT molecular complexity index is 898. The van der Waals surface area contributed by atoms with Crippen LogP contribution < -0.4 is 0 Å². The maximum Gasteiger partial charge on any atom is 0.193 e. The monoisotopic (exact) mass is 376 g/mol. The maximum atomic E-state index is 12.5. The van der Waals surface area contributed by atoms with E-state index in [0.29, 0.717) is 11.1 Å². The van der Waals surface area contributed by atoms with Crippen molar-refractivity contribution < 1.29 is 4.79 Å². The number of ketones is 1. The third-order valence-corrected chi connectivity index (χ3v) is 5.89. The molecule has 3 aromatic carbocycles. The molecule has 0 amide bonds. The van der Waals surface area contributed by atoms with Crippen molar-refractivity contribution in [1.29, 1.82) is 0 Å². The lowest BCUT2D eigenvalue weighted by Crippen LogP contribution is -2.14. The predicted octanol–water partition coefficient (Wildman–Crippen LogP) is 6.26. The zero-order chi connectivity index (χ0) is 18.6. The van der Waals surface area contributed by atoms with Crippen LogP contribution in [0.4, 0.5) is 0 Å². The van der Waals surface area contributed by atoms with E-state index in [1.165, 1.54) is 5.56 Å². The lowest BCUT2D eigenvalue weighted by molar-refractivity contribution is 0.103. The molecule has 0 atom stereocenters. The van der Waals surface area contributed by atoms with Gasteiger partial charge in [0.2, 0.25) is 0 Å². The molecular formula is C23H20OS2. The fourth-order valence-electron chi connectivity index (χ4n) is 2.70. The lowest BCUT2D eigenvalue weighted by atomic mass is 10.0. The molecule has 0 radical (unpaired) electrons. The zero-order valence-electron chi connectivity index (χ0n) is 14.8. The third kappa shape index (κ3) is 4.29. The average molecular weight is 377 g/mol. The largest absolute Gasteiger partial charge is 0.289 e. The topological polar surface area (TPSA) is 17.1 Å². The zero-order valence-corrected chi connectivity index (χ0v) is 16.4. The van der Waals surface area contributed by atoms with Gasteiger partial charge in [-0.2, -0.15) is 0 Å². The first-order chi connectivity index (χ1) is 12.5. The molecule has 0 saturated heterocycles. The summed E-state index contributed by atoms with van der Waals surface area (Å²) in [5.74, 6) is 0.0281. The van der Waals surface area contributed by atoms with Crippen molar-refractivity contribution in [1.82, 2.24) is 0 Å². The summed E-state index contributed by atoms with van der Waals surface area (Å²) in [6.07, 6.45) is 0. The van der Waals surface area contributed by atoms with E-state index in [1.54, 1.807) is 11.8 Å². The highest BCUT2D eigenvalue weighted by atomic mass is 32.2. The van der Waals surface area contributed by atoms with E-state index < -0.39 is 0 Å². The molecule has 0 aliphatic heterocycles. The van der Waals surface area contributed by atoms with Gasteiger partial charge >= 0.3 is 0 Å². The summed E-state index contributed by atoms with van der Waals surface area (Å²) in [6.45, 7) is 4.35. The van der Waals surface area contributed by atoms with Crippen LogP contribution in [0.5, 0.6) is 0 Å². The number of carbonyl (C=O) groups is 1.